The van der Waals surface area contributed by atoms with E-state index in [1.54, 1.807) is 21.8 Å². The van der Waals surface area contributed by atoms with Crippen molar-refractivity contribution in [1.82, 2.24) is 9.29 Å². The number of rotatable bonds is 3. The van der Waals surface area contributed by atoms with Gasteiger partial charge in [-0.05, 0) is 30.0 Å². The Morgan fingerprint density at radius 3 is 2.58 bits per heavy atom. The van der Waals surface area contributed by atoms with Gasteiger partial charge in [0, 0.05) is 37.8 Å². The van der Waals surface area contributed by atoms with Crippen LogP contribution in [0.2, 0.25) is 0 Å². The summed E-state index contributed by atoms with van der Waals surface area (Å²) in [6, 6.07) is 8.02. The van der Waals surface area contributed by atoms with Crippen molar-refractivity contribution in [2.24, 2.45) is 0 Å². The first kappa shape index (κ1) is 15.8. The average Bonchev–Trinajstić information content (AvgIpc) is 3.16. The number of aryl methyl sites for hydroxylation is 1. The Morgan fingerprint density at radius 1 is 1.04 bits per heavy atom. The molecular formula is C17H19N3O2S2. The first-order valence-corrected chi connectivity index (χ1v) is 10.4. The molecule has 0 spiro atoms. The van der Waals surface area contributed by atoms with E-state index < -0.39 is 10.0 Å². The standard InChI is InChI=1S/C17H19N3O2S2/c21-24(22,16-6-5-14-3-1-2-4-15(14)13-16)20-10-8-19(9-11-20)17-18-7-12-23-17/h1-4,7,12-13H,5-6,8-11H2. The van der Waals surface area contributed by atoms with Crippen LogP contribution >= 0.6 is 11.3 Å². The molecule has 0 N–H and O–H groups in total. The Hall–Kier alpha value is -1.70. The van der Waals surface area contributed by atoms with E-state index in [2.05, 4.69) is 16.0 Å². The van der Waals surface area contributed by atoms with Crippen LogP contribution in [0.1, 0.15) is 17.5 Å². The maximum atomic E-state index is 13.0. The van der Waals surface area contributed by atoms with Gasteiger partial charge in [-0.15, -0.1) is 11.3 Å². The molecule has 24 heavy (non-hydrogen) atoms. The molecule has 126 valence electrons. The lowest BCUT2D eigenvalue weighted by atomic mass is 9.98. The van der Waals surface area contributed by atoms with E-state index in [0.29, 0.717) is 37.5 Å². The van der Waals surface area contributed by atoms with Gasteiger partial charge in [-0.2, -0.15) is 4.31 Å². The normalized spacial score (nSPS) is 19.0. The van der Waals surface area contributed by atoms with Crippen molar-refractivity contribution in [3.8, 4) is 0 Å². The van der Waals surface area contributed by atoms with Crippen LogP contribution in [0.4, 0.5) is 5.13 Å². The van der Waals surface area contributed by atoms with E-state index in [1.165, 1.54) is 5.56 Å². The Bertz CT molecular complexity index is 852. The lowest BCUT2D eigenvalue weighted by Gasteiger charge is -2.34. The molecule has 0 bridgehead atoms. The van der Waals surface area contributed by atoms with Crippen molar-refractivity contribution >= 4 is 32.6 Å². The maximum Gasteiger partial charge on any atom is 0.239 e. The first-order valence-electron chi connectivity index (χ1n) is 8.08. The summed E-state index contributed by atoms with van der Waals surface area (Å²) in [5.74, 6) is 0. The second-order valence-corrected chi connectivity index (χ2v) is 8.88. The smallest absolute Gasteiger partial charge is 0.239 e. The fourth-order valence-corrected chi connectivity index (χ4v) is 5.58. The van der Waals surface area contributed by atoms with Crippen LogP contribution < -0.4 is 4.90 Å². The van der Waals surface area contributed by atoms with Crippen LogP contribution in [-0.2, 0) is 16.4 Å². The number of anilines is 1. The minimum absolute atomic E-state index is 0.515. The molecule has 0 unspecified atom stereocenters. The zero-order valence-corrected chi connectivity index (χ0v) is 14.9. The topological polar surface area (TPSA) is 53.5 Å². The van der Waals surface area contributed by atoms with E-state index in [0.717, 1.165) is 17.1 Å². The molecule has 1 aromatic carbocycles. The summed E-state index contributed by atoms with van der Waals surface area (Å²) in [5, 5.41) is 2.92. The zero-order chi connectivity index (χ0) is 16.6. The molecule has 1 aliphatic heterocycles. The first-order chi connectivity index (χ1) is 11.6. The fraction of sp³-hybridized carbons (Fsp3) is 0.353. The van der Waals surface area contributed by atoms with Crippen LogP contribution in [0.3, 0.4) is 0 Å². The lowest BCUT2D eigenvalue weighted by Crippen LogP contribution is -2.49. The molecule has 1 aliphatic carbocycles. The number of piperazine rings is 1. The Labute approximate surface area is 146 Å². The van der Waals surface area contributed by atoms with Gasteiger partial charge in [-0.25, -0.2) is 13.4 Å². The number of thiazole rings is 1. The van der Waals surface area contributed by atoms with Crippen molar-refractivity contribution in [3.05, 3.63) is 51.9 Å². The summed E-state index contributed by atoms with van der Waals surface area (Å²) in [7, 11) is -3.37. The van der Waals surface area contributed by atoms with Gasteiger partial charge < -0.3 is 4.90 Å². The molecular weight excluding hydrogens is 342 g/mol. The van der Waals surface area contributed by atoms with Crippen LogP contribution in [0.25, 0.3) is 6.08 Å². The summed E-state index contributed by atoms with van der Waals surface area (Å²) in [6.45, 7) is 2.41. The largest absolute Gasteiger partial charge is 0.345 e. The van der Waals surface area contributed by atoms with Gasteiger partial charge in [-0.3, -0.25) is 0 Å². The molecule has 2 aliphatic rings. The minimum Gasteiger partial charge on any atom is -0.345 e. The van der Waals surface area contributed by atoms with Gasteiger partial charge in [0.1, 0.15) is 0 Å². The monoisotopic (exact) mass is 361 g/mol. The highest BCUT2D eigenvalue weighted by molar-refractivity contribution is 7.93. The zero-order valence-electron chi connectivity index (χ0n) is 13.3. The molecule has 1 saturated heterocycles. The summed E-state index contributed by atoms with van der Waals surface area (Å²) in [6.07, 6.45) is 5.02. The highest BCUT2D eigenvalue weighted by atomic mass is 32.2. The van der Waals surface area contributed by atoms with Crippen molar-refractivity contribution in [2.45, 2.75) is 12.8 Å². The number of nitrogens with zero attached hydrogens (tertiary/aromatic N) is 3. The molecule has 1 fully saturated rings. The second kappa shape index (κ2) is 6.31. The van der Waals surface area contributed by atoms with Crippen LogP contribution in [0.5, 0.6) is 0 Å². The number of benzene rings is 1. The van der Waals surface area contributed by atoms with Gasteiger partial charge in [0.05, 0.1) is 4.91 Å². The molecule has 7 heteroatoms. The van der Waals surface area contributed by atoms with Crippen LogP contribution in [0, 0.1) is 0 Å². The molecule has 0 radical (unpaired) electrons. The summed E-state index contributed by atoms with van der Waals surface area (Å²) >= 11 is 1.59. The van der Waals surface area contributed by atoms with Crippen LogP contribution in [0.15, 0.2) is 40.7 Å². The third-order valence-corrected chi connectivity index (χ3v) is 7.47. The van der Waals surface area contributed by atoms with Crippen molar-refractivity contribution in [1.29, 1.82) is 0 Å². The summed E-state index contributed by atoms with van der Waals surface area (Å²) in [4.78, 5) is 7.01. The SMILES string of the molecule is O=S(=O)(C1=Cc2ccccc2CC1)N1CCN(c2nccs2)CC1. The number of hydrogen-bond acceptors (Lipinski definition) is 5. The van der Waals surface area contributed by atoms with E-state index in [4.69, 9.17) is 0 Å². The lowest BCUT2D eigenvalue weighted by molar-refractivity contribution is 0.387. The molecule has 2 aromatic rings. The van der Waals surface area contributed by atoms with Gasteiger partial charge in [0.15, 0.2) is 5.13 Å². The highest BCUT2D eigenvalue weighted by Crippen LogP contribution is 2.30. The van der Waals surface area contributed by atoms with Crippen molar-refractivity contribution in [2.75, 3.05) is 31.1 Å². The molecule has 2 heterocycles. The Balaban J connectivity index is 1.51. The third-order valence-electron chi connectivity index (χ3n) is 4.61. The molecule has 0 saturated carbocycles. The van der Waals surface area contributed by atoms with E-state index in [9.17, 15) is 8.42 Å². The van der Waals surface area contributed by atoms with Gasteiger partial charge in [0.25, 0.3) is 0 Å². The van der Waals surface area contributed by atoms with Gasteiger partial charge in [-0.1, -0.05) is 24.3 Å². The summed E-state index contributed by atoms with van der Waals surface area (Å²) in [5.41, 5.74) is 2.26. The third kappa shape index (κ3) is 2.87. The highest BCUT2D eigenvalue weighted by Gasteiger charge is 2.31. The Kier molecular flexibility index (Phi) is 4.15. The van der Waals surface area contributed by atoms with E-state index in [1.807, 2.05) is 29.7 Å². The number of hydrogen-bond donors (Lipinski definition) is 0. The molecule has 5 nitrogen and oxygen atoms in total. The predicted octanol–water partition coefficient (Wildman–Crippen LogP) is 2.58. The fourth-order valence-electron chi connectivity index (χ4n) is 3.27. The molecule has 1 aromatic heterocycles. The average molecular weight is 361 g/mol. The molecule has 4 rings (SSSR count). The molecule has 0 atom stereocenters. The number of sulfonamides is 1. The summed E-state index contributed by atoms with van der Waals surface area (Å²) < 4.78 is 27.6. The minimum atomic E-state index is -3.37. The Morgan fingerprint density at radius 2 is 1.83 bits per heavy atom. The van der Waals surface area contributed by atoms with E-state index in [-0.39, 0.29) is 0 Å². The maximum absolute atomic E-state index is 13.0. The van der Waals surface area contributed by atoms with Gasteiger partial charge >= 0.3 is 0 Å². The second-order valence-electron chi connectivity index (χ2n) is 6.02. The number of fused-ring (bicyclic) bond motifs is 1. The van der Waals surface area contributed by atoms with E-state index >= 15 is 0 Å². The number of aromatic nitrogens is 1. The number of allylic oxidation sites excluding steroid dienone is 1. The van der Waals surface area contributed by atoms with Gasteiger partial charge in [0.2, 0.25) is 10.0 Å². The van der Waals surface area contributed by atoms with Crippen molar-refractivity contribution in [3.63, 3.8) is 0 Å². The quantitative estimate of drug-likeness (QED) is 0.843. The molecule has 0 amide bonds. The van der Waals surface area contributed by atoms with Crippen LogP contribution in [-0.4, -0.2) is 43.9 Å². The van der Waals surface area contributed by atoms with Crippen molar-refractivity contribution < 1.29 is 8.42 Å². The predicted molar refractivity (Wildman–Crippen MR) is 97.6 cm³/mol.